The normalized spacial score (nSPS) is 12.0. The zero-order chi connectivity index (χ0) is 19.7. The molecule has 5 aromatic carbocycles. The molecule has 0 aliphatic carbocycles. The molecule has 142 valence electrons. The molecule has 0 fully saturated rings. The van der Waals surface area contributed by atoms with E-state index in [0.717, 1.165) is 0 Å². The Kier molecular flexibility index (Phi) is 3.03. The summed E-state index contributed by atoms with van der Waals surface area (Å²) in [6.07, 6.45) is 0. The van der Waals surface area contributed by atoms with Crippen LogP contribution in [0.15, 0.2) is 103 Å². The molecular weight excluding hydrogens is 364 g/mol. The number of para-hydroxylation sites is 2. The first kappa shape index (κ1) is 15.8. The van der Waals surface area contributed by atoms with Gasteiger partial charge in [-0.25, -0.2) is 0 Å². The van der Waals surface area contributed by atoms with Crippen LogP contribution < -0.4 is 0 Å². The summed E-state index contributed by atoms with van der Waals surface area (Å²) in [4.78, 5) is 3.61. The third-order valence-corrected chi connectivity index (χ3v) is 6.30. The molecule has 0 amide bonds. The highest BCUT2D eigenvalue weighted by molar-refractivity contribution is 6.30. The number of nitrogens with zero attached hydrogens (tertiary/aromatic N) is 1. The summed E-state index contributed by atoms with van der Waals surface area (Å²) < 4.78 is 2.42. The Labute approximate surface area is 174 Å². The minimum Gasteiger partial charge on any atom is -0.354 e. The molecule has 0 aliphatic heterocycles. The number of aromatic amines is 1. The van der Waals surface area contributed by atoms with Crippen LogP contribution in [0.25, 0.3) is 60.1 Å². The van der Waals surface area contributed by atoms with E-state index < -0.39 is 0 Å². The van der Waals surface area contributed by atoms with Gasteiger partial charge in [0, 0.05) is 45.1 Å². The maximum Gasteiger partial charge on any atom is 0.0619 e. The predicted molar refractivity (Wildman–Crippen MR) is 130 cm³/mol. The van der Waals surface area contributed by atoms with Gasteiger partial charge in [0.05, 0.1) is 11.0 Å². The summed E-state index contributed by atoms with van der Waals surface area (Å²) in [5.41, 5.74) is 6.07. The van der Waals surface area contributed by atoms with Crippen molar-refractivity contribution in [3.8, 4) is 5.69 Å². The van der Waals surface area contributed by atoms with Crippen LogP contribution in [0.1, 0.15) is 1.43 Å². The maximum atomic E-state index is 3.61. The summed E-state index contributed by atoms with van der Waals surface area (Å²) in [7, 11) is 0. The summed E-state index contributed by atoms with van der Waals surface area (Å²) in [5, 5.41) is 7.73. The fourth-order valence-electron chi connectivity index (χ4n) is 5.05. The van der Waals surface area contributed by atoms with Crippen LogP contribution in [0.4, 0.5) is 0 Å². The van der Waals surface area contributed by atoms with Crippen LogP contribution >= 0.6 is 0 Å². The second-order valence-electron chi connectivity index (χ2n) is 7.91. The van der Waals surface area contributed by atoms with Crippen LogP contribution in [-0.2, 0) is 0 Å². The number of hydrogen-bond acceptors (Lipinski definition) is 0. The minimum absolute atomic E-state index is 0. The average Bonchev–Trinajstić information content (AvgIpc) is 3.35. The molecule has 7 rings (SSSR count). The van der Waals surface area contributed by atoms with Crippen molar-refractivity contribution in [1.82, 2.24) is 9.55 Å². The van der Waals surface area contributed by atoms with Gasteiger partial charge in [0.2, 0.25) is 0 Å². The quantitative estimate of drug-likeness (QED) is 0.298. The third kappa shape index (κ3) is 1.98. The molecule has 2 nitrogen and oxygen atoms in total. The molecule has 0 atom stereocenters. The molecule has 30 heavy (non-hydrogen) atoms. The summed E-state index contributed by atoms with van der Waals surface area (Å²) in [6.45, 7) is 0. The fourth-order valence-corrected chi connectivity index (χ4v) is 5.05. The molecule has 0 saturated heterocycles. The monoisotopic (exact) mass is 384 g/mol. The first-order valence-corrected chi connectivity index (χ1v) is 10.3. The van der Waals surface area contributed by atoms with E-state index in [-0.39, 0.29) is 1.43 Å². The zero-order valence-corrected chi connectivity index (χ0v) is 16.3. The number of nitrogens with one attached hydrogen (secondary N) is 1. The molecule has 1 N–H and O–H groups in total. The molecule has 7 aromatic rings. The Morgan fingerprint density at radius 2 is 1.30 bits per heavy atom. The number of hydrogen-bond donors (Lipinski definition) is 1. The van der Waals surface area contributed by atoms with Gasteiger partial charge >= 0.3 is 0 Å². The number of aromatic nitrogens is 2. The molecule has 0 radical (unpaired) electrons. The van der Waals surface area contributed by atoms with Crippen molar-refractivity contribution >= 4 is 54.4 Å². The molecular formula is C28H20N2. The van der Waals surface area contributed by atoms with Crippen molar-refractivity contribution < 1.29 is 1.43 Å². The largest absolute Gasteiger partial charge is 0.354 e. The van der Waals surface area contributed by atoms with Crippen molar-refractivity contribution in [2.75, 3.05) is 0 Å². The Morgan fingerprint density at radius 1 is 0.533 bits per heavy atom. The van der Waals surface area contributed by atoms with E-state index in [1.807, 2.05) is 0 Å². The van der Waals surface area contributed by atoms with Gasteiger partial charge in [-0.05, 0) is 35.7 Å². The van der Waals surface area contributed by atoms with Gasteiger partial charge in [-0.3, -0.25) is 0 Å². The number of H-pyrrole nitrogens is 1. The van der Waals surface area contributed by atoms with Gasteiger partial charge in [0.15, 0.2) is 0 Å². The van der Waals surface area contributed by atoms with E-state index in [0.29, 0.717) is 0 Å². The summed E-state index contributed by atoms with van der Waals surface area (Å²) in [6, 6.07) is 37.0. The van der Waals surface area contributed by atoms with Gasteiger partial charge in [0.1, 0.15) is 0 Å². The molecule has 0 spiro atoms. The van der Waals surface area contributed by atoms with Crippen LogP contribution in [0.2, 0.25) is 0 Å². The molecule has 0 unspecified atom stereocenters. The highest BCUT2D eigenvalue weighted by atomic mass is 15.0. The molecule has 2 heteroatoms. The van der Waals surface area contributed by atoms with E-state index >= 15 is 0 Å². The van der Waals surface area contributed by atoms with Gasteiger partial charge < -0.3 is 9.55 Å². The molecule has 0 bridgehead atoms. The standard InChI is InChI=1S/C28H18N2.H2/c1-2-9-19(10-3-1)30-25-17-16-24-26(21-12-6-7-13-23(21)29-24)27(25)22-15-14-18-8-4-5-11-20(18)28(22)30;/h1-17,29H;1H. The van der Waals surface area contributed by atoms with E-state index in [1.54, 1.807) is 0 Å². The first-order chi connectivity index (χ1) is 14.9. The van der Waals surface area contributed by atoms with Crippen molar-refractivity contribution in [2.24, 2.45) is 0 Å². The lowest BCUT2D eigenvalue weighted by atomic mass is 10.0. The van der Waals surface area contributed by atoms with E-state index in [4.69, 9.17) is 0 Å². The number of fused-ring (bicyclic) bond motifs is 9. The smallest absolute Gasteiger partial charge is 0.0619 e. The first-order valence-electron chi connectivity index (χ1n) is 10.3. The Bertz CT molecular complexity index is 1740. The zero-order valence-electron chi connectivity index (χ0n) is 16.3. The van der Waals surface area contributed by atoms with Gasteiger partial charge in [-0.15, -0.1) is 0 Å². The van der Waals surface area contributed by atoms with Crippen LogP contribution in [0.5, 0.6) is 0 Å². The van der Waals surface area contributed by atoms with Crippen molar-refractivity contribution in [3.63, 3.8) is 0 Å². The number of benzene rings is 5. The van der Waals surface area contributed by atoms with Crippen LogP contribution in [-0.4, -0.2) is 9.55 Å². The second-order valence-corrected chi connectivity index (χ2v) is 7.91. The number of rotatable bonds is 1. The molecule has 2 heterocycles. The Morgan fingerprint density at radius 3 is 2.20 bits per heavy atom. The Balaban J connectivity index is 0.00000185. The van der Waals surface area contributed by atoms with E-state index in [2.05, 4.69) is 113 Å². The van der Waals surface area contributed by atoms with Crippen molar-refractivity contribution in [3.05, 3.63) is 103 Å². The topological polar surface area (TPSA) is 20.7 Å². The van der Waals surface area contributed by atoms with Crippen molar-refractivity contribution in [1.29, 1.82) is 0 Å². The lowest BCUT2D eigenvalue weighted by Gasteiger charge is -2.09. The SMILES string of the molecule is [HH].c1ccc(-n2c3ccc4[nH]c5ccccc5c4c3c3ccc4ccccc4c32)cc1. The maximum absolute atomic E-state index is 3.61. The Hall–Kier alpha value is -4.04. The highest BCUT2D eigenvalue weighted by Gasteiger charge is 2.18. The fraction of sp³-hybridized carbons (Fsp3) is 0. The predicted octanol–water partition coefficient (Wildman–Crippen LogP) is 7.82. The van der Waals surface area contributed by atoms with Gasteiger partial charge in [0.25, 0.3) is 0 Å². The van der Waals surface area contributed by atoms with E-state index in [1.165, 1.54) is 60.1 Å². The molecule has 2 aromatic heterocycles. The second kappa shape index (κ2) is 5.74. The molecule has 0 aliphatic rings. The van der Waals surface area contributed by atoms with Crippen molar-refractivity contribution in [2.45, 2.75) is 0 Å². The minimum atomic E-state index is 0. The third-order valence-electron chi connectivity index (χ3n) is 6.30. The van der Waals surface area contributed by atoms with E-state index in [9.17, 15) is 0 Å². The molecule has 0 saturated carbocycles. The lowest BCUT2D eigenvalue weighted by molar-refractivity contribution is 1.19. The summed E-state index contributed by atoms with van der Waals surface area (Å²) >= 11 is 0. The highest BCUT2D eigenvalue weighted by Crippen LogP contribution is 2.41. The average molecular weight is 384 g/mol. The summed E-state index contributed by atoms with van der Waals surface area (Å²) in [5.74, 6) is 0. The lowest BCUT2D eigenvalue weighted by Crippen LogP contribution is -1.93. The van der Waals surface area contributed by atoms with Gasteiger partial charge in [-0.2, -0.15) is 0 Å². The van der Waals surface area contributed by atoms with Gasteiger partial charge in [-0.1, -0.05) is 72.8 Å². The van der Waals surface area contributed by atoms with Crippen LogP contribution in [0, 0.1) is 0 Å². The van der Waals surface area contributed by atoms with Crippen LogP contribution in [0.3, 0.4) is 0 Å².